The molecule has 0 spiro atoms. The van der Waals surface area contributed by atoms with E-state index in [2.05, 4.69) is 5.32 Å². The van der Waals surface area contributed by atoms with Crippen molar-refractivity contribution >= 4 is 17.5 Å². The number of carbonyl (C=O) groups excluding carboxylic acids is 1. The van der Waals surface area contributed by atoms with Gasteiger partial charge in [-0.3, -0.25) is 4.79 Å². The molecule has 0 aromatic heterocycles. The zero-order valence-electron chi connectivity index (χ0n) is 12.6. The number of halogens is 1. The van der Waals surface area contributed by atoms with Gasteiger partial charge >= 0.3 is 0 Å². The third-order valence-corrected chi connectivity index (χ3v) is 4.11. The van der Waals surface area contributed by atoms with Gasteiger partial charge in [0.25, 0.3) is 0 Å². The minimum atomic E-state index is -0.574. The topological polar surface area (TPSA) is 29.1 Å². The van der Waals surface area contributed by atoms with Gasteiger partial charge in [-0.2, -0.15) is 0 Å². The fourth-order valence-corrected chi connectivity index (χ4v) is 2.34. The molecule has 1 N–H and O–H groups in total. The smallest absolute Gasteiger partial charge is 0.230 e. The van der Waals surface area contributed by atoms with E-state index in [9.17, 15) is 4.79 Å². The number of amides is 1. The Balaban J connectivity index is 2.08. The van der Waals surface area contributed by atoms with Crippen molar-refractivity contribution in [3.05, 3.63) is 70.2 Å². The molecule has 3 heteroatoms. The average Bonchev–Trinajstić information content (AvgIpc) is 2.46. The van der Waals surface area contributed by atoms with Gasteiger partial charge in [0.15, 0.2) is 0 Å². The van der Waals surface area contributed by atoms with Crippen molar-refractivity contribution < 1.29 is 4.79 Å². The lowest BCUT2D eigenvalue weighted by molar-refractivity contribution is -0.125. The molecule has 21 heavy (non-hydrogen) atoms. The second-order valence-electron chi connectivity index (χ2n) is 5.77. The summed E-state index contributed by atoms with van der Waals surface area (Å²) in [7, 11) is 0. The van der Waals surface area contributed by atoms with Gasteiger partial charge < -0.3 is 5.32 Å². The summed E-state index contributed by atoms with van der Waals surface area (Å²) < 4.78 is 0. The molecule has 2 aromatic carbocycles. The maximum absolute atomic E-state index is 12.5. The predicted octanol–water partition coefficient (Wildman–Crippen LogP) is 4.24. The summed E-state index contributed by atoms with van der Waals surface area (Å²) >= 11 is 6.11. The first-order chi connectivity index (χ1) is 9.91. The van der Waals surface area contributed by atoms with E-state index in [0.717, 1.165) is 11.1 Å². The average molecular weight is 302 g/mol. The minimum absolute atomic E-state index is 0.00808. The Labute approximate surface area is 131 Å². The first-order valence-electron chi connectivity index (χ1n) is 7.00. The molecule has 0 heterocycles. The fourth-order valence-electron chi connectivity index (χ4n) is 2.14. The van der Waals surface area contributed by atoms with Crippen LogP contribution in [0, 0.1) is 6.92 Å². The van der Waals surface area contributed by atoms with Crippen LogP contribution in [0.4, 0.5) is 0 Å². The zero-order valence-corrected chi connectivity index (χ0v) is 13.4. The van der Waals surface area contributed by atoms with Gasteiger partial charge in [0.2, 0.25) is 5.91 Å². The van der Waals surface area contributed by atoms with E-state index in [1.54, 1.807) is 0 Å². The molecule has 0 saturated heterocycles. The Morgan fingerprint density at radius 2 is 1.71 bits per heavy atom. The molecule has 0 aliphatic rings. The summed E-state index contributed by atoms with van der Waals surface area (Å²) in [6, 6.07) is 15.6. The molecular formula is C18H20ClNO. The largest absolute Gasteiger partial charge is 0.351 e. The van der Waals surface area contributed by atoms with E-state index in [1.807, 2.05) is 69.3 Å². The first kappa shape index (κ1) is 15.6. The Kier molecular flexibility index (Phi) is 4.69. The quantitative estimate of drug-likeness (QED) is 0.899. The molecule has 0 aliphatic heterocycles. The highest BCUT2D eigenvalue weighted by Gasteiger charge is 2.29. The monoisotopic (exact) mass is 301 g/mol. The highest BCUT2D eigenvalue weighted by Crippen LogP contribution is 2.24. The van der Waals surface area contributed by atoms with Crippen LogP contribution < -0.4 is 5.32 Å². The van der Waals surface area contributed by atoms with Crippen molar-refractivity contribution in [1.29, 1.82) is 0 Å². The Morgan fingerprint density at radius 3 is 2.33 bits per heavy atom. The van der Waals surface area contributed by atoms with Crippen LogP contribution in [0.3, 0.4) is 0 Å². The van der Waals surface area contributed by atoms with Gasteiger partial charge in [-0.25, -0.2) is 0 Å². The van der Waals surface area contributed by atoms with E-state index in [4.69, 9.17) is 11.6 Å². The van der Waals surface area contributed by atoms with Crippen LogP contribution in [-0.2, 0) is 16.8 Å². The highest BCUT2D eigenvalue weighted by molar-refractivity contribution is 6.31. The van der Waals surface area contributed by atoms with Gasteiger partial charge in [-0.1, -0.05) is 59.6 Å². The Hall–Kier alpha value is -1.80. The maximum Gasteiger partial charge on any atom is 0.230 e. The van der Waals surface area contributed by atoms with Crippen molar-refractivity contribution in [2.75, 3.05) is 0 Å². The molecule has 2 rings (SSSR count). The molecule has 1 amide bonds. The number of rotatable bonds is 4. The van der Waals surface area contributed by atoms with E-state index in [1.165, 1.54) is 5.56 Å². The highest BCUT2D eigenvalue weighted by atomic mass is 35.5. The molecule has 0 atom stereocenters. The van der Waals surface area contributed by atoms with Crippen LogP contribution in [0.25, 0.3) is 0 Å². The summed E-state index contributed by atoms with van der Waals surface area (Å²) in [5, 5.41) is 3.64. The number of hydrogen-bond acceptors (Lipinski definition) is 1. The van der Waals surface area contributed by atoms with Crippen LogP contribution in [0.2, 0.25) is 5.02 Å². The summed E-state index contributed by atoms with van der Waals surface area (Å²) in [6.07, 6.45) is 0. The molecular weight excluding hydrogens is 282 g/mol. The van der Waals surface area contributed by atoms with Gasteiger partial charge in [0.1, 0.15) is 0 Å². The van der Waals surface area contributed by atoms with E-state index in [0.29, 0.717) is 11.6 Å². The van der Waals surface area contributed by atoms with Gasteiger partial charge in [-0.05, 0) is 38.0 Å². The van der Waals surface area contributed by atoms with Crippen molar-refractivity contribution in [2.24, 2.45) is 0 Å². The summed E-state index contributed by atoms with van der Waals surface area (Å²) in [4.78, 5) is 12.5. The summed E-state index contributed by atoms with van der Waals surface area (Å²) in [5.41, 5.74) is 2.54. The summed E-state index contributed by atoms with van der Waals surface area (Å²) in [5.74, 6) is -0.00808. The van der Waals surface area contributed by atoms with E-state index >= 15 is 0 Å². The molecule has 0 unspecified atom stereocenters. The van der Waals surface area contributed by atoms with E-state index in [-0.39, 0.29) is 5.91 Å². The number of aryl methyl sites for hydroxylation is 1. The first-order valence-corrected chi connectivity index (χ1v) is 7.38. The van der Waals surface area contributed by atoms with Crippen molar-refractivity contribution in [3.63, 3.8) is 0 Å². The SMILES string of the molecule is Cc1ccc(C(C)(C)C(=O)NCc2ccccc2Cl)cc1. The molecule has 0 saturated carbocycles. The van der Waals surface area contributed by atoms with Crippen LogP contribution in [0.1, 0.15) is 30.5 Å². The van der Waals surface area contributed by atoms with Crippen molar-refractivity contribution in [3.8, 4) is 0 Å². The van der Waals surface area contributed by atoms with Gasteiger partial charge in [0.05, 0.1) is 5.41 Å². The maximum atomic E-state index is 12.5. The Bertz CT molecular complexity index is 632. The van der Waals surface area contributed by atoms with Crippen LogP contribution in [-0.4, -0.2) is 5.91 Å². The van der Waals surface area contributed by atoms with Gasteiger partial charge in [-0.15, -0.1) is 0 Å². The lowest BCUT2D eigenvalue weighted by atomic mass is 9.83. The molecule has 0 aliphatic carbocycles. The van der Waals surface area contributed by atoms with E-state index < -0.39 is 5.41 Å². The normalized spacial score (nSPS) is 11.2. The van der Waals surface area contributed by atoms with Crippen LogP contribution in [0.5, 0.6) is 0 Å². The molecule has 2 nitrogen and oxygen atoms in total. The third kappa shape index (κ3) is 3.64. The molecule has 110 valence electrons. The molecule has 0 radical (unpaired) electrons. The van der Waals surface area contributed by atoms with Crippen LogP contribution in [0.15, 0.2) is 48.5 Å². The fraction of sp³-hybridized carbons (Fsp3) is 0.278. The minimum Gasteiger partial charge on any atom is -0.351 e. The zero-order chi connectivity index (χ0) is 15.5. The second-order valence-corrected chi connectivity index (χ2v) is 6.17. The molecule has 0 fully saturated rings. The number of hydrogen-bond donors (Lipinski definition) is 1. The summed E-state index contributed by atoms with van der Waals surface area (Å²) in [6.45, 7) is 6.33. The van der Waals surface area contributed by atoms with Crippen LogP contribution >= 0.6 is 11.6 Å². The lowest BCUT2D eigenvalue weighted by Gasteiger charge is -2.24. The number of nitrogens with one attached hydrogen (secondary N) is 1. The lowest BCUT2D eigenvalue weighted by Crippen LogP contribution is -2.39. The molecule has 2 aromatic rings. The number of carbonyl (C=O) groups is 1. The second kappa shape index (κ2) is 6.31. The predicted molar refractivity (Wildman–Crippen MR) is 87.5 cm³/mol. The standard InChI is InChI=1S/C18H20ClNO/c1-13-8-10-15(11-9-13)18(2,3)17(21)20-12-14-6-4-5-7-16(14)19/h4-11H,12H2,1-3H3,(H,20,21). The van der Waals surface area contributed by atoms with Gasteiger partial charge in [0, 0.05) is 11.6 Å². The molecule has 0 bridgehead atoms. The Morgan fingerprint density at radius 1 is 1.10 bits per heavy atom. The van der Waals surface area contributed by atoms with Crippen molar-refractivity contribution in [2.45, 2.75) is 32.7 Å². The third-order valence-electron chi connectivity index (χ3n) is 3.74. The number of benzene rings is 2. The van der Waals surface area contributed by atoms with Crippen molar-refractivity contribution in [1.82, 2.24) is 5.32 Å².